The lowest BCUT2D eigenvalue weighted by atomic mass is 10.3. The van der Waals surface area contributed by atoms with Crippen LogP contribution in [0.2, 0.25) is 0 Å². The Bertz CT molecular complexity index is 354. The number of rotatable bonds is 4. The number of ether oxygens (including phenoxy) is 2. The fourth-order valence-electron chi connectivity index (χ4n) is 1.41. The molecule has 1 aliphatic rings. The van der Waals surface area contributed by atoms with Crippen molar-refractivity contribution in [3.8, 4) is 0 Å². The van der Waals surface area contributed by atoms with E-state index < -0.39 is 11.6 Å². The van der Waals surface area contributed by atoms with E-state index in [0.717, 1.165) is 23.1 Å². The number of thioether (sulfide) groups is 1. The van der Waals surface area contributed by atoms with Crippen LogP contribution in [0.5, 0.6) is 0 Å². The van der Waals surface area contributed by atoms with Gasteiger partial charge in [-0.3, -0.25) is 0 Å². The van der Waals surface area contributed by atoms with Crippen molar-refractivity contribution >= 4 is 11.8 Å². The Morgan fingerprint density at radius 1 is 1.19 bits per heavy atom. The smallest absolute Gasteiger partial charge is 0.159 e. The fourth-order valence-corrected chi connectivity index (χ4v) is 2.31. The molecule has 0 N–H and O–H groups in total. The van der Waals surface area contributed by atoms with E-state index in [1.807, 2.05) is 0 Å². The van der Waals surface area contributed by atoms with Crippen LogP contribution in [-0.2, 0) is 9.47 Å². The van der Waals surface area contributed by atoms with E-state index in [9.17, 15) is 8.78 Å². The fraction of sp³-hybridized carbons (Fsp3) is 0.455. The van der Waals surface area contributed by atoms with Crippen LogP contribution in [0.3, 0.4) is 0 Å². The summed E-state index contributed by atoms with van der Waals surface area (Å²) < 4.78 is 36.0. The number of halogens is 2. The number of hydrogen-bond acceptors (Lipinski definition) is 3. The summed E-state index contributed by atoms with van der Waals surface area (Å²) >= 11 is 1.46. The van der Waals surface area contributed by atoms with Gasteiger partial charge in [-0.15, -0.1) is 11.8 Å². The van der Waals surface area contributed by atoms with Crippen molar-refractivity contribution < 1.29 is 18.3 Å². The quantitative estimate of drug-likeness (QED) is 0.761. The van der Waals surface area contributed by atoms with Crippen molar-refractivity contribution in [2.75, 3.05) is 19.0 Å². The molecule has 1 aliphatic heterocycles. The van der Waals surface area contributed by atoms with E-state index in [2.05, 4.69) is 0 Å². The zero-order chi connectivity index (χ0) is 11.4. The van der Waals surface area contributed by atoms with Crippen LogP contribution in [0.25, 0.3) is 0 Å². The maximum Gasteiger partial charge on any atom is 0.159 e. The summed E-state index contributed by atoms with van der Waals surface area (Å²) in [6.45, 7) is 1.28. The predicted molar refractivity (Wildman–Crippen MR) is 57.4 cm³/mol. The van der Waals surface area contributed by atoms with Crippen molar-refractivity contribution in [1.82, 2.24) is 0 Å². The molecule has 1 fully saturated rings. The zero-order valence-corrected chi connectivity index (χ0v) is 9.43. The molecular formula is C11H12F2O2S. The summed E-state index contributed by atoms with van der Waals surface area (Å²) in [5.74, 6) is -0.861. The summed E-state index contributed by atoms with van der Waals surface area (Å²) in [6.07, 6.45) is 0.613. The van der Waals surface area contributed by atoms with Gasteiger partial charge < -0.3 is 9.47 Å². The van der Waals surface area contributed by atoms with E-state index in [1.165, 1.54) is 17.8 Å². The van der Waals surface area contributed by atoms with Gasteiger partial charge in [0.25, 0.3) is 0 Å². The van der Waals surface area contributed by atoms with Gasteiger partial charge in [-0.25, -0.2) is 8.78 Å². The van der Waals surface area contributed by atoms with E-state index in [1.54, 1.807) is 6.07 Å². The van der Waals surface area contributed by atoms with Gasteiger partial charge in [0.1, 0.15) is 0 Å². The van der Waals surface area contributed by atoms with E-state index in [4.69, 9.17) is 9.47 Å². The molecule has 0 atom stereocenters. The highest BCUT2D eigenvalue weighted by molar-refractivity contribution is 7.99. The Morgan fingerprint density at radius 2 is 1.94 bits per heavy atom. The average Bonchev–Trinajstić information content (AvgIpc) is 2.76. The molecular weight excluding hydrogens is 234 g/mol. The minimum atomic E-state index is -0.813. The van der Waals surface area contributed by atoms with Crippen molar-refractivity contribution in [2.24, 2.45) is 0 Å². The molecule has 1 heterocycles. The summed E-state index contributed by atoms with van der Waals surface area (Å²) in [5.41, 5.74) is 0. The van der Waals surface area contributed by atoms with E-state index in [0.29, 0.717) is 13.2 Å². The van der Waals surface area contributed by atoms with Gasteiger partial charge in [0.05, 0.1) is 13.2 Å². The van der Waals surface area contributed by atoms with Crippen LogP contribution in [0.4, 0.5) is 8.78 Å². The molecule has 0 aliphatic carbocycles. The monoisotopic (exact) mass is 246 g/mol. The van der Waals surface area contributed by atoms with E-state index >= 15 is 0 Å². The molecule has 0 spiro atoms. The normalized spacial score (nSPS) is 16.9. The first kappa shape index (κ1) is 11.8. The highest BCUT2D eigenvalue weighted by Crippen LogP contribution is 2.22. The van der Waals surface area contributed by atoms with Crippen molar-refractivity contribution in [2.45, 2.75) is 17.6 Å². The molecule has 0 bridgehead atoms. The third-order valence-electron chi connectivity index (χ3n) is 2.20. The summed E-state index contributed by atoms with van der Waals surface area (Å²) in [5, 5.41) is 0. The Labute approximate surface area is 96.9 Å². The molecule has 0 radical (unpaired) electrons. The second-order valence-corrected chi connectivity index (χ2v) is 4.55. The molecule has 0 aromatic heterocycles. The van der Waals surface area contributed by atoms with Crippen LogP contribution in [-0.4, -0.2) is 25.3 Å². The second kappa shape index (κ2) is 5.61. The predicted octanol–water partition coefficient (Wildman–Crippen LogP) is 2.82. The topological polar surface area (TPSA) is 18.5 Å². The lowest BCUT2D eigenvalue weighted by Gasteiger charge is -2.08. The first-order valence-electron chi connectivity index (χ1n) is 5.07. The van der Waals surface area contributed by atoms with Gasteiger partial charge in [0, 0.05) is 17.1 Å². The standard InChI is InChI=1S/C11H12F2O2S/c12-9-2-1-8(7-10(9)13)16-6-3-11-14-4-5-15-11/h1-2,7,11H,3-6H2. The molecule has 16 heavy (non-hydrogen) atoms. The zero-order valence-electron chi connectivity index (χ0n) is 8.62. The lowest BCUT2D eigenvalue weighted by Crippen LogP contribution is -2.08. The summed E-state index contributed by atoms with van der Waals surface area (Å²) in [6, 6.07) is 3.91. The molecule has 88 valence electrons. The molecule has 2 rings (SSSR count). The highest BCUT2D eigenvalue weighted by Gasteiger charge is 2.15. The first-order valence-corrected chi connectivity index (χ1v) is 6.05. The third-order valence-corrected chi connectivity index (χ3v) is 3.23. The summed E-state index contributed by atoms with van der Waals surface area (Å²) in [7, 11) is 0. The van der Waals surface area contributed by atoms with Gasteiger partial charge in [-0.05, 0) is 18.2 Å². The van der Waals surface area contributed by atoms with Crippen molar-refractivity contribution in [3.63, 3.8) is 0 Å². The first-order chi connectivity index (χ1) is 7.75. The van der Waals surface area contributed by atoms with Gasteiger partial charge in [-0.2, -0.15) is 0 Å². The second-order valence-electron chi connectivity index (χ2n) is 3.38. The Kier molecular flexibility index (Phi) is 4.15. The van der Waals surface area contributed by atoms with Crippen LogP contribution >= 0.6 is 11.8 Å². The number of benzene rings is 1. The summed E-state index contributed by atoms with van der Waals surface area (Å²) in [4.78, 5) is 0.719. The molecule has 2 nitrogen and oxygen atoms in total. The van der Waals surface area contributed by atoms with Crippen LogP contribution in [0, 0.1) is 11.6 Å². The SMILES string of the molecule is Fc1ccc(SCCC2OCCO2)cc1F. The van der Waals surface area contributed by atoms with Gasteiger partial charge in [0.15, 0.2) is 17.9 Å². The third kappa shape index (κ3) is 3.17. The molecule has 0 saturated carbocycles. The van der Waals surface area contributed by atoms with Gasteiger partial charge in [-0.1, -0.05) is 0 Å². The van der Waals surface area contributed by atoms with Crippen LogP contribution in [0.1, 0.15) is 6.42 Å². The highest BCUT2D eigenvalue weighted by atomic mass is 32.2. The van der Waals surface area contributed by atoms with Gasteiger partial charge in [0.2, 0.25) is 0 Å². The van der Waals surface area contributed by atoms with E-state index in [-0.39, 0.29) is 6.29 Å². The molecule has 1 aromatic carbocycles. The molecule has 5 heteroatoms. The van der Waals surface area contributed by atoms with Crippen molar-refractivity contribution in [1.29, 1.82) is 0 Å². The van der Waals surface area contributed by atoms with Gasteiger partial charge >= 0.3 is 0 Å². The molecule has 0 unspecified atom stereocenters. The Balaban J connectivity index is 1.78. The minimum Gasteiger partial charge on any atom is -0.350 e. The Hall–Kier alpha value is -0.650. The van der Waals surface area contributed by atoms with Crippen molar-refractivity contribution in [3.05, 3.63) is 29.8 Å². The van der Waals surface area contributed by atoms with Crippen LogP contribution < -0.4 is 0 Å². The average molecular weight is 246 g/mol. The molecule has 0 amide bonds. The maximum atomic E-state index is 12.9. The number of hydrogen-bond donors (Lipinski definition) is 0. The minimum absolute atomic E-state index is 0.141. The lowest BCUT2D eigenvalue weighted by molar-refractivity contribution is -0.0421. The van der Waals surface area contributed by atoms with Crippen LogP contribution in [0.15, 0.2) is 23.1 Å². The largest absolute Gasteiger partial charge is 0.350 e. The Morgan fingerprint density at radius 3 is 2.62 bits per heavy atom. The molecule has 1 aromatic rings. The molecule has 1 saturated heterocycles. The maximum absolute atomic E-state index is 12.9.